The number of rotatable bonds is 8. The molecule has 0 aliphatic carbocycles. The van der Waals surface area contributed by atoms with Gasteiger partial charge in [0, 0.05) is 17.0 Å². The molecule has 3 aromatic carbocycles. The number of fused-ring (bicyclic) bond motifs is 1. The molecule has 164 valence electrons. The van der Waals surface area contributed by atoms with Crippen molar-refractivity contribution in [3.05, 3.63) is 71.8 Å². The second-order valence-electron chi connectivity index (χ2n) is 6.98. The maximum Gasteiger partial charge on any atom is 0.257 e. The number of aromatic nitrogens is 2. The number of H-pyrrole nitrogens is 1. The minimum Gasteiger partial charge on any atom is -0.497 e. The number of ether oxygens (including phenoxy) is 4. The van der Waals surface area contributed by atoms with Gasteiger partial charge in [-0.2, -0.15) is 5.10 Å². The molecule has 0 unspecified atom stereocenters. The van der Waals surface area contributed by atoms with Crippen LogP contribution in [-0.2, 0) is 6.61 Å². The number of benzene rings is 3. The van der Waals surface area contributed by atoms with E-state index in [1.807, 2.05) is 42.5 Å². The lowest BCUT2D eigenvalue weighted by molar-refractivity contribution is 0.102. The summed E-state index contributed by atoms with van der Waals surface area (Å²) in [5, 5.41) is 10.7. The van der Waals surface area contributed by atoms with Crippen molar-refractivity contribution < 1.29 is 23.7 Å². The molecule has 1 amide bonds. The van der Waals surface area contributed by atoms with Crippen molar-refractivity contribution in [3.63, 3.8) is 0 Å². The van der Waals surface area contributed by atoms with Gasteiger partial charge in [0.15, 0.2) is 5.82 Å². The van der Waals surface area contributed by atoms with E-state index in [1.165, 1.54) is 14.2 Å². The number of amides is 1. The Morgan fingerprint density at radius 1 is 0.875 bits per heavy atom. The Hall–Kier alpha value is -4.20. The van der Waals surface area contributed by atoms with E-state index in [0.29, 0.717) is 35.2 Å². The second-order valence-corrected chi connectivity index (χ2v) is 6.98. The number of methoxy groups -OCH3 is 3. The molecule has 0 spiro atoms. The molecule has 0 saturated heterocycles. The van der Waals surface area contributed by atoms with Crippen molar-refractivity contribution in [2.75, 3.05) is 26.6 Å². The summed E-state index contributed by atoms with van der Waals surface area (Å²) in [6, 6.07) is 18.2. The third kappa shape index (κ3) is 4.59. The zero-order chi connectivity index (χ0) is 22.5. The van der Waals surface area contributed by atoms with Crippen molar-refractivity contribution in [1.82, 2.24) is 10.2 Å². The zero-order valence-corrected chi connectivity index (χ0v) is 18.0. The monoisotopic (exact) mass is 433 g/mol. The Bertz CT molecular complexity index is 1230. The number of nitrogens with one attached hydrogen (secondary N) is 2. The molecular weight excluding hydrogens is 410 g/mol. The van der Waals surface area contributed by atoms with Crippen molar-refractivity contribution in [2.24, 2.45) is 0 Å². The van der Waals surface area contributed by atoms with Crippen LogP contribution in [0.2, 0.25) is 0 Å². The minimum absolute atomic E-state index is 0.335. The van der Waals surface area contributed by atoms with Crippen LogP contribution in [0.15, 0.2) is 60.7 Å². The maximum absolute atomic E-state index is 12.8. The summed E-state index contributed by atoms with van der Waals surface area (Å²) in [5.74, 6) is 2.54. The van der Waals surface area contributed by atoms with Gasteiger partial charge < -0.3 is 24.3 Å². The molecule has 1 heterocycles. The smallest absolute Gasteiger partial charge is 0.257 e. The lowest BCUT2D eigenvalue weighted by Crippen LogP contribution is -2.12. The van der Waals surface area contributed by atoms with E-state index in [1.54, 1.807) is 25.3 Å². The number of nitrogens with zero attached hydrogens (tertiary/aromatic N) is 1. The topological polar surface area (TPSA) is 94.7 Å². The molecule has 0 saturated carbocycles. The standard InChI is InChI=1S/C24H23N3O5/c1-29-17-6-4-5-15(9-17)14-32-18-7-8-22-21(13-18)23(27-26-22)25-24(28)16-10-19(30-2)12-20(11-16)31-3/h4-13H,14H2,1-3H3,(H2,25,26,27,28). The van der Waals surface area contributed by atoms with Gasteiger partial charge in [-0.15, -0.1) is 0 Å². The van der Waals surface area contributed by atoms with Crippen LogP contribution in [0.3, 0.4) is 0 Å². The molecule has 0 aliphatic rings. The quantitative estimate of drug-likeness (QED) is 0.427. The average molecular weight is 433 g/mol. The molecule has 32 heavy (non-hydrogen) atoms. The van der Waals surface area contributed by atoms with Gasteiger partial charge in [-0.1, -0.05) is 12.1 Å². The Labute approximate surface area is 185 Å². The van der Waals surface area contributed by atoms with Gasteiger partial charge in [-0.3, -0.25) is 9.89 Å². The van der Waals surface area contributed by atoms with Gasteiger partial charge in [0.1, 0.15) is 29.6 Å². The number of aromatic amines is 1. The molecule has 4 rings (SSSR count). The van der Waals surface area contributed by atoms with Gasteiger partial charge in [-0.25, -0.2) is 0 Å². The number of hydrogen-bond acceptors (Lipinski definition) is 6. The summed E-state index contributed by atoms with van der Waals surface area (Å²) in [4.78, 5) is 12.8. The lowest BCUT2D eigenvalue weighted by Gasteiger charge is -2.09. The first-order valence-electron chi connectivity index (χ1n) is 9.88. The Morgan fingerprint density at radius 2 is 1.62 bits per heavy atom. The van der Waals surface area contributed by atoms with Crippen LogP contribution >= 0.6 is 0 Å². The molecule has 1 aromatic heterocycles. The maximum atomic E-state index is 12.8. The second kappa shape index (κ2) is 9.30. The predicted octanol–water partition coefficient (Wildman–Crippen LogP) is 4.42. The van der Waals surface area contributed by atoms with Crippen LogP contribution in [0, 0.1) is 0 Å². The number of anilines is 1. The molecule has 8 nitrogen and oxygen atoms in total. The van der Waals surface area contributed by atoms with Crippen molar-refractivity contribution in [3.8, 4) is 23.0 Å². The van der Waals surface area contributed by atoms with Crippen LogP contribution in [0.5, 0.6) is 23.0 Å². The fourth-order valence-electron chi connectivity index (χ4n) is 3.23. The Morgan fingerprint density at radius 3 is 2.34 bits per heavy atom. The highest BCUT2D eigenvalue weighted by molar-refractivity contribution is 6.08. The van der Waals surface area contributed by atoms with Crippen LogP contribution in [0.4, 0.5) is 5.82 Å². The van der Waals surface area contributed by atoms with E-state index in [-0.39, 0.29) is 5.91 Å². The third-order valence-corrected chi connectivity index (χ3v) is 4.92. The molecular formula is C24H23N3O5. The van der Waals surface area contributed by atoms with Gasteiger partial charge in [0.25, 0.3) is 5.91 Å². The van der Waals surface area contributed by atoms with Gasteiger partial charge in [0.05, 0.1) is 26.8 Å². The first-order chi connectivity index (χ1) is 15.6. The van der Waals surface area contributed by atoms with E-state index in [9.17, 15) is 4.79 Å². The van der Waals surface area contributed by atoms with Crippen LogP contribution < -0.4 is 24.3 Å². The normalized spacial score (nSPS) is 10.6. The van der Waals surface area contributed by atoms with E-state index >= 15 is 0 Å². The molecule has 0 radical (unpaired) electrons. The van der Waals surface area contributed by atoms with Crippen molar-refractivity contribution in [1.29, 1.82) is 0 Å². The molecule has 2 N–H and O–H groups in total. The number of hydrogen-bond donors (Lipinski definition) is 2. The van der Waals surface area contributed by atoms with Crippen LogP contribution in [0.25, 0.3) is 10.9 Å². The summed E-state index contributed by atoms with van der Waals surface area (Å²) in [6.45, 7) is 0.381. The van der Waals surface area contributed by atoms with Gasteiger partial charge in [0.2, 0.25) is 0 Å². The van der Waals surface area contributed by atoms with E-state index < -0.39 is 0 Å². The molecule has 0 bridgehead atoms. The summed E-state index contributed by atoms with van der Waals surface area (Å²) in [6.07, 6.45) is 0. The highest BCUT2D eigenvalue weighted by Crippen LogP contribution is 2.28. The average Bonchev–Trinajstić information content (AvgIpc) is 3.24. The summed E-state index contributed by atoms with van der Waals surface area (Å²) in [7, 11) is 4.69. The Balaban J connectivity index is 1.53. The van der Waals surface area contributed by atoms with E-state index in [0.717, 1.165) is 22.2 Å². The third-order valence-electron chi connectivity index (χ3n) is 4.92. The largest absolute Gasteiger partial charge is 0.497 e. The van der Waals surface area contributed by atoms with Crippen molar-refractivity contribution in [2.45, 2.75) is 6.61 Å². The summed E-state index contributed by atoms with van der Waals surface area (Å²) in [5.41, 5.74) is 2.15. The van der Waals surface area contributed by atoms with Gasteiger partial charge in [-0.05, 0) is 48.0 Å². The lowest BCUT2D eigenvalue weighted by atomic mass is 10.1. The predicted molar refractivity (Wildman–Crippen MR) is 121 cm³/mol. The van der Waals surface area contributed by atoms with E-state index in [4.69, 9.17) is 18.9 Å². The number of carbonyl (C=O) groups excluding carboxylic acids is 1. The Kier molecular flexibility index (Phi) is 6.12. The first kappa shape index (κ1) is 21.0. The summed E-state index contributed by atoms with van der Waals surface area (Å²) >= 11 is 0. The molecule has 8 heteroatoms. The van der Waals surface area contributed by atoms with Crippen LogP contribution in [0.1, 0.15) is 15.9 Å². The zero-order valence-electron chi connectivity index (χ0n) is 18.0. The van der Waals surface area contributed by atoms with Crippen molar-refractivity contribution >= 4 is 22.6 Å². The number of carbonyl (C=O) groups is 1. The molecule has 0 fully saturated rings. The molecule has 4 aromatic rings. The minimum atomic E-state index is -0.335. The fourth-order valence-corrected chi connectivity index (χ4v) is 3.23. The fraction of sp³-hybridized carbons (Fsp3) is 0.167. The van der Waals surface area contributed by atoms with Gasteiger partial charge >= 0.3 is 0 Å². The molecule has 0 aliphatic heterocycles. The summed E-state index contributed by atoms with van der Waals surface area (Å²) < 4.78 is 21.7. The van der Waals surface area contributed by atoms with Crippen LogP contribution in [-0.4, -0.2) is 37.4 Å². The highest BCUT2D eigenvalue weighted by Gasteiger charge is 2.14. The van der Waals surface area contributed by atoms with E-state index in [2.05, 4.69) is 15.5 Å². The molecule has 0 atom stereocenters. The SMILES string of the molecule is COc1cccc(COc2ccc3[nH]nc(NC(=O)c4cc(OC)cc(OC)c4)c3c2)c1. The highest BCUT2D eigenvalue weighted by atomic mass is 16.5. The first-order valence-corrected chi connectivity index (χ1v) is 9.88.